The van der Waals surface area contributed by atoms with Gasteiger partial charge >= 0.3 is 0 Å². The minimum absolute atomic E-state index is 0.0107. The molecule has 9 aromatic carbocycles. The third-order valence-corrected chi connectivity index (χ3v) is 17.6. The van der Waals surface area contributed by atoms with E-state index >= 15 is 19.2 Å². The van der Waals surface area contributed by atoms with Crippen LogP contribution < -0.4 is 37.9 Å². The number of imide groups is 2. The maximum Gasteiger partial charge on any atom is 0.261 e. The number of benzene rings is 9. The van der Waals surface area contributed by atoms with Crippen molar-refractivity contribution < 1.29 is 57.1 Å². The molecule has 0 spiro atoms. The minimum atomic E-state index is -0.514. The summed E-state index contributed by atoms with van der Waals surface area (Å²) in [5.41, 5.74) is -1.26. The lowest BCUT2D eigenvalue weighted by Gasteiger charge is -2.33. The van der Waals surface area contributed by atoms with Gasteiger partial charge in [-0.15, -0.1) is 0 Å². The van der Waals surface area contributed by atoms with Gasteiger partial charge in [0.25, 0.3) is 23.6 Å². The summed E-state index contributed by atoms with van der Waals surface area (Å²) >= 11 is 0. The zero-order valence-corrected chi connectivity index (χ0v) is 63.0. The van der Waals surface area contributed by atoms with Gasteiger partial charge in [-0.3, -0.25) is 29.0 Å². The predicted octanol–water partition coefficient (Wildman–Crippen LogP) is 23.3. The molecule has 0 saturated heterocycles. The first-order chi connectivity index (χ1) is 46.5. The first kappa shape index (κ1) is 72.2. The second kappa shape index (κ2) is 26.2. The largest absolute Gasteiger partial charge is 0.488 e. The lowest BCUT2D eigenvalue weighted by Crippen LogP contribution is -2.41. The number of nitrogens with zero attached hydrogens (tertiary/aromatic N) is 2. The fraction of sp³-hybridized carbons (Fsp3) is 0.442. The standard InChI is InChI=1S/C86H102N2O12/c1-23-41-87-75(89)59-43-63(93-51-25-33-55(34-26-51)97-83(15,16)47-79(3,4)5)69-71-65(95-53-29-37-57(38-30-53)99-85(19,20)49-81(9,10)11)45-61-68-62(78(92)88(42-24-2)77(61)91)46-66(96-54-31-39-58(40-32-54)100-86(21,22)50-82(12,13)14)72(74(68)71)70-64(44-60(76(87)90)67(59)73(69)70)94-52-27-35-56(36-28-52)98-84(17,18)48-80(6,7)8/h25-40,43-46H,23-24,41-42,47-50H2,1-22H3. The summed E-state index contributed by atoms with van der Waals surface area (Å²) in [6.07, 6.45) is 4.10. The Bertz CT molecular complexity index is 4030. The predicted molar refractivity (Wildman–Crippen MR) is 400 cm³/mol. The second-order valence-corrected chi connectivity index (χ2v) is 34.9. The van der Waals surface area contributed by atoms with Gasteiger partial charge in [-0.2, -0.15) is 0 Å². The van der Waals surface area contributed by atoms with Crippen LogP contribution >= 0.6 is 0 Å². The maximum absolute atomic E-state index is 15.5. The molecule has 0 bridgehead atoms. The first-order valence-electron chi connectivity index (χ1n) is 35.4. The van der Waals surface area contributed by atoms with Gasteiger partial charge in [-0.05, 0) is 237 Å². The Kier molecular flexibility index (Phi) is 18.9. The van der Waals surface area contributed by atoms with Crippen LogP contribution in [-0.2, 0) is 0 Å². The van der Waals surface area contributed by atoms with Crippen LogP contribution in [0.3, 0.4) is 0 Å². The number of amides is 4. The number of carbonyl (C=O) groups excluding carboxylic acids is 4. The normalized spacial score (nSPS) is 14.3. The molecule has 0 fully saturated rings. The molecular weight excluding hydrogens is 1250 g/mol. The summed E-state index contributed by atoms with van der Waals surface area (Å²) in [7, 11) is 0. The third kappa shape index (κ3) is 15.8. The molecule has 0 atom stereocenters. The molecule has 0 aliphatic carbocycles. The minimum Gasteiger partial charge on any atom is -0.488 e. The van der Waals surface area contributed by atoms with E-state index in [-0.39, 0.29) is 80.0 Å². The van der Waals surface area contributed by atoms with E-state index < -0.39 is 46.0 Å². The van der Waals surface area contributed by atoms with E-state index in [2.05, 4.69) is 138 Å². The van der Waals surface area contributed by atoms with E-state index in [0.717, 1.165) is 25.7 Å². The highest BCUT2D eigenvalue weighted by Crippen LogP contribution is 2.58. The molecule has 0 N–H and O–H groups in total. The van der Waals surface area contributed by atoms with Crippen LogP contribution in [0.25, 0.3) is 43.1 Å². The molecule has 0 unspecified atom stereocenters. The summed E-state index contributed by atoms with van der Waals surface area (Å²) < 4.78 is 55.8. The molecule has 0 aromatic heterocycles. The van der Waals surface area contributed by atoms with Crippen LogP contribution in [0.2, 0.25) is 0 Å². The smallest absolute Gasteiger partial charge is 0.261 e. The van der Waals surface area contributed by atoms with Gasteiger partial charge in [0, 0.05) is 56.2 Å². The lowest BCUT2D eigenvalue weighted by molar-refractivity contribution is 0.0595. The first-order valence-corrected chi connectivity index (χ1v) is 35.4. The van der Waals surface area contributed by atoms with Gasteiger partial charge < -0.3 is 37.9 Å². The quantitative estimate of drug-likeness (QED) is 0.0322. The SMILES string of the molecule is CCCN1C(=O)c2cc(Oc3ccc(OC(C)(C)CC(C)(C)C)cc3)c3c4c(Oc5ccc(OC(C)(C)CC(C)(C)C)cc5)cc5c6c(cc(Oc7ccc(OC(C)(C)CC(C)(C)C)cc7)c(c7c(Oc8ccc(OC(C)(C)CC(C)(C)C)cc8)cc(c2c37)C1=O)c64)C(=O)N(CCC)C5=O. The zero-order chi connectivity index (χ0) is 72.8. The van der Waals surface area contributed by atoms with E-state index in [1.54, 1.807) is 24.3 Å². The Labute approximate surface area is 591 Å². The molecule has 2 heterocycles. The van der Waals surface area contributed by atoms with Gasteiger partial charge in [0.15, 0.2) is 0 Å². The number of carbonyl (C=O) groups is 4. The van der Waals surface area contributed by atoms with Crippen molar-refractivity contribution in [1.29, 1.82) is 0 Å². The molecule has 14 nitrogen and oxygen atoms in total. The van der Waals surface area contributed by atoms with Crippen LogP contribution in [0.1, 0.15) is 232 Å². The fourth-order valence-electron chi connectivity index (χ4n) is 16.1. The Morgan fingerprint density at radius 3 is 0.610 bits per heavy atom. The number of rotatable bonds is 24. The van der Waals surface area contributed by atoms with E-state index in [1.807, 2.05) is 111 Å². The maximum atomic E-state index is 15.5. The van der Waals surface area contributed by atoms with Gasteiger partial charge in [-0.25, -0.2) is 0 Å². The van der Waals surface area contributed by atoms with Crippen LogP contribution in [-0.4, -0.2) is 68.9 Å². The van der Waals surface area contributed by atoms with E-state index in [0.29, 0.717) is 102 Å². The molecule has 2 aliphatic rings. The Morgan fingerprint density at radius 1 is 0.260 bits per heavy atom. The molecular formula is C86H102N2O12. The van der Waals surface area contributed by atoms with Crippen molar-refractivity contribution in [2.24, 2.45) is 21.7 Å². The Balaban J connectivity index is 1.26. The molecule has 14 heteroatoms. The molecule has 0 saturated carbocycles. The van der Waals surface area contributed by atoms with Crippen molar-refractivity contribution in [3.8, 4) is 69.0 Å². The van der Waals surface area contributed by atoms with E-state index in [4.69, 9.17) is 37.9 Å². The monoisotopic (exact) mass is 1350 g/mol. The average molecular weight is 1360 g/mol. The lowest BCUT2D eigenvalue weighted by atomic mass is 9.80. The van der Waals surface area contributed by atoms with Gasteiger partial charge in [-0.1, -0.05) is 96.9 Å². The van der Waals surface area contributed by atoms with Crippen molar-refractivity contribution >= 4 is 66.7 Å². The Morgan fingerprint density at radius 2 is 0.440 bits per heavy atom. The van der Waals surface area contributed by atoms with E-state index in [9.17, 15) is 0 Å². The number of hydrogen-bond acceptors (Lipinski definition) is 12. The second-order valence-electron chi connectivity index (χ2n) is 34.9. The van der Waals surface area contributed by atoms with Crippen LogP contribution in [0, 0.1) is 21.7 Å². The number of hydrogen-bond donors (Lipinski definition) is 0. The summed E-state index contributed by atoms with van der Waals surface area (Å²) in [6, 6.07) is 36.3. The fourth-order valence-corrected chi connectivity index (χ4v) is 16.1. The summed E-state index contributed by atoms with van der Waals surface area (Å²) in [6.45, 7) is 46.9. The molecule has 0 radical (unpaired) electrons. The van der Waals surface area contributed by atoms with Crippen molar-refractivity contribution in [3.63, 3.8) is 0 Å². The van der Waals surface area contributed by atoms with Crippen molar-refractivity contribution in [3.05, 3.63) is 144 Å². The summed E-state index contributed by atoms with van der Waals surface area (Å²) in [4.78, 5) is 64.7. The van der Waals surface area contributed by atoms with Gasteiger partial charge in [0.2, 0.25) is 0 Å². The summed E-state index contributed by atoms with van der Waals surface area (Å²) in [5, 5.41) is 3.11. The van der Waals surface area contributed by atoms with Crippen LogP contribution in [0.4, 0.5) is 0 Å². The molecule has 11 rings (SSSR count). The Hall–Kier alpha value is -9.04. The van der Waals surface area contributed by atoms with Gasteiger partial charge in [0.05, 0.1) is 22.3 Å². The molecule has 2 aliphatic heterocycles. The average Bonchev–Trinajstić information content (AvgIpc) is 0.672. The highest BCUT2D eigenvalue weighted by molar-refractivity contribution is 6.44. The van der Waals surface area contributed by atoms with Crippen molar-refractivity contribution in [2.75, 3.05) is 13.1 Å². The van der Waals surface area contributed by atoms with Crippen molar-refractivity contribution in [1.82, 2.24) is 9.80 Å². The highest BCUT2D eigenvalue weighted by atomic mass is 16.5. The van der Waals surface area contributed by atoms with Gasteiger partial charge in [0.1, 0.15) is 91.4 Å². The zero-order valence-electron chi connectivity index (χ0n) is 63.0. The molecule has 9 aromatic rings. The number of ether oxygens (including phenoxy) is 8. The molecule has 100 heavy (non-hydrogen) atoms. The third-order valence-electron chi connectivity index (χ3n) is 17.6. The summed E-state index contributed by atoms with van der Waals surface area (Å²) in [5.74, 6) is 2.91. The van der Waals surface area contributed by atoms with Crippen LogP contribution in [0.15, 0.2) is 121 Å². The van der Waals surface area contributed by atoms with E-state index in [1.165, 1.54) is 9.80 Å². The topological polar surface area (TPSA) is 149 Å². The molecule has 528 valence electrons. The molecule has 4 amide bonds. The number of fused-ring (bicyclic) bond motifs is 2. The highest BCUT2D eigenvalue weighted by Gasteiger charge is 2.42. The van der Waals surface area contributed by atoms with Crippen molar-refractivity contribution in [2.45, 2.75) is 213 Å². The van der Waals surface area contributed by atoms with Crippen LogP contribution in [0.5, 0.6) is 69.0 Å².